The maximum absolute atomic E-state index is 14.0. The zero-order valence-corrected chi connectivity index (χ0v) is 39.0. The smallest absolute Gasteiger partial charge is 0.236 e. The molecule has 0 spiro atoms. The minimum absolute atomic E-state index is 0.0195. The Morgan fingerprint density at radius 3 is 1.38 bits per heavy atom. The number of hydrogen-bond acceptors (Lipinski definition) is 13. The SMILES string of the molecule is [B]C1C(O)C(C)OC(CCCCNCC(=O)N(CCCCC2OC(C)C(O)C([B])C2NC(C)=O)CC(=O)C(CCCCC2OC(C)C(O)C([B])C2NC(C)=O)CC(C)=O)C1NC(C)=O. The van der Waals surface area contributed by atoms with Crippen LogP contribution >= 0.6 is 0 Å². The van der Waals surface area contributed by atoms with Crippen LogP contribution in [0.5, 0.6) is 0 Å². The topological polar surface area (TPSA) is 242 Å². The molecule has 7 N–H and O–H groups in total. The first-order chi connectivity index (χ1) is 30.1. The van der Waals surface area contributed by atoms with Crippen LogP contribution in [0.3, 0.4) is 0 Å². The third-order valence-corrected chi connectivity index (χ3v) is 12.9. The summed E-state index contributed by atoms with van der Waals surface area (Å²) in [5.74, 6) is -4.31. The first-order valence-corrected chi connectivity index (χ1v) is 23.2. The minimum Gasteiger partial charge on any atom is -0.391 e. The van der Waals surface area contributed by atoms with Crippen molar-refractivity contribution in [2.75, 3.05) is 26.2 Å². The summed E-state index contributed by atoms with van der Waals surface area (Å²) in [7, 11) is 18.8. The number of ether oxygens (including phenoxy) is 3. The maximum Gasteiger partial charge on any atom is 0.236 e. The number of carbonyl (C=O) groups excluding carboxylic acids is 6. The van der Waals surface area contributed by atoms with Crippen LogP contribution in [-0.4, -0.2) is 178 Å². The standard InChI is InChI=1S/C44H74B3N5O12/c1-23(53)20-30(14-8-9-15-32-39(49-27(5)54)36(45)42(59)24(2)62-32)31(57)22-52(19-13-11-17-34-41(51-29(7)56)38(47)44(61)26(4)64-34)35(58)21-48-18-12-10-16-33-40(50-28(6)55)37(46)43(60)25(3)63-33/h24-26,30,32-34,36-44,48,59-61H,8-22H2,1-7H3,(H,49,54)(H,50,55)(H,51,56). The molecular formula is C44H74B3N5O12. The summed E-state index contributed by atoms with van der Waals surface area (Å²) < 4.78 is 18.1. The predicted molar refractivity (Wildman–Crippen MR) is 242 cm³/mol. The van der Waals surface area contributed by atoms with E-state index in [9.17, 15) is 44.1 Å². The summed E-state index contributed by atoms with van der Waals surface area (Å²) in [5.41, 5.74) is 0. The second kappa shape index (κ2) is 27.1. The van der Waals surface area contributed by atoms with E-state index in [2.05, 4.69) is 21.3 Å². The van der Waals surface area contributed by atoms with Gasteiger partial charge in [-0.1, -0.05) is 12.8 Å². The molecule has 0 aromatic carbocycles. The Morgan fingerprint density at radius 2 is 0.984 bits per heavy atom. The first-order valence-electron chi connectivity index (χ1n) is 23.2. The van der Waals surface area contributed by atoms with E-state index in [0.717, 1.165) is 0 Å². The number of nitrogens with zero attached hydrogens (tertiary/aromatic N) is 1. The maximum atomic E-state index is 14.0. The Hall–Kier alpha value is -2.87. The van der Waals surface area contributed by atoms with Crippen LogP contribution in [0, 0.1) is 5.92 Å². The molecule has 356 valence electrons. The van der Waals surface area contributed by atoms with Crippen molar-refractivity contribution in [3.8, 4) is 0 Å². The lowest BCUT2D eigenvalue weighted by Gasteiger charge is -2.43. The van der Waals surface area contributed by atoms with Crippen LogP contribution in [0.4, 0.5) is 0 Å². The van der Waals surface area contributed by atoms with Crippen molar-refractivity contribution in [1.82, 2.24) is 26.2 Å². The number of amides is 4. The van der Waals surface area contributed by atoms with Crippen molar-refractivity contribution >= 4 is 58.7 Å². The fourth-order valence-corrected chi connectivity index (χ4v) is 9.28. The third kappa shape index (κ3) is 17.1. The van der Waals surface area contributed by atoms with E-state index >= 15 is 0 Å². The van der Waals surface area contributed by atoms with Gasteiger partial charge in [-0.25, -0.2) is 0 Å². The van der Waals surface area contributed by atoms with Crippen LogP contribution in [0.25, 0.3) is 0 Å². The summed E-state index contributed by atoms with van der Waals surface area (Å²) in [5, 5.41) is 43.0. The van der Waals surface area contributed by atoms with Crippen LogP contribution in [-0.2, 0) is 43.0 Å². The van der Waals surface area contributed by atoms with Gasteiger partial charge in [-0.05, 0) is 103 Å². The highest BCUT2D eigenvalue weighted by atomic mass is 16.5. The number of Topliss-reactive ketones (excluding diaryl/α,β-unsaturated/α-hetero) is 2. The quantitative estimate of drug-likeness (QED) is 0.0483. The molecule has 0 aromatic heterocycles. The van der Waals surface area contributed by atoms with Gasteiger partial charge >= 0.3 is 0 Å². The first kappa shape index (κ1) is 55.5. The second-order valence-corrected chi connectivity index (χ2v) is 18.4. The number of ketones is 2. The monoisotopic (exact) mass is 898 g/mol. The molecule has 3 fully saturated rings. The van der Waals surface area contributed by atoms with E-state index < -0.39 is 96.4 Å². The van der Waals surface area contributed by atoms with Crippen LogP contribution < -0.4 is 21.3 Å². The van der Waals surface area contributed by atoms with Gasteiger partial charge in [-0.15, -0.1) is 0 Å². The van der Waals surface area contributed by atoms with Gasteiger partial charge in [-0.3, -0.25) is 24.0 Å². The average molecular weight is 898 g/mol. The summed E-state index contributed by atoms with van der Waals surface area (Å²) in [6, 6.07) is -1.75. The van der Waals surface area contributed by atoms with Gasteiger partial charge in [0.05, 0.1) is 110 Å². The van der Waals surface area contributed by atoms with Gasteiger partial charge in [0.1, 0.15) is 5.78 Å². The normalized spacial score (nSPS) is 33.4. The highest BCUT2D eigenvalue weighted by molar-refractivity contribution is 6.13. The predicted octanol–water partition coefficient (Wildman–Crippen LogP) is 0.300. The molecule has 3 aliphatic heterocycles. The van der Waals surface area contributed by atoms with Crippen molar-refractivity contribution in [3.05, 3.63) is 0 Å². The lowest BCUT2D eigenvalue weighted by atomic mass is 9.70. The molecule has 16 unspecified atom stereocenters. The van der Waals surface area contributed by atoms with E-state index in [-0.39, 0.29) is 61.3 Å². The Labute approximate surface area is 384 Å². The number of aliphatic hydroxyl groups excluding tert-OH is 3. The third-order valence-electron chi connectivity index (χ3n) is 12.9. The van der Waals surface area contributed by atoms with Gasteiger partial charge in [0.25, 0.3) is 0 Å². The average Bonchev–Trinajstić information content (AvgIpc) is 3.22. The fourth-order valence-electron chi connectivity index (χ4n) is 9.28. The van der Waals surface area contributed by atoms with Crippen molar-refractivity contribution in [2.45, 2.75) is 210 Å². The van der Waals surface area contributed by atoms with E-state index in [1.807, 2.05) is 0 Å². The molecule has 64 heavy (non-hydrogen) atoms. The lowest BCUT2D eigenvalue weighted by molar-refractivity contribution is -0.138. The van der Waals surface area contributed by atoms with Crippen molar-refractivity contribution in [3.63, 3.8) is 0 Å². The van der Waals surface area contributed by atoms with Gasteiger partial charge in [0, 0.05) is 39.7 Å². The number of carbonyl (C=O) groups is 6. The molecule has 17 nitrogen and oxygen atoms in total. The Kier molecular flexibility index (Phi) is 23.5. The number of unbranched alkanes of at least 4 members (excludes halogenated alkanes) is 3. The van der Waals surface area contributed by atoms with E-state index in [0.29, 0.717) is 70.8 Å². The van der Waals surface area contributed by atoms with Crippen molar-refractivity contribution in [2.24, 2.45) is 5.92 Å². The van der Waals surface area contributed by atoms with Crippen LogP contribution in [0.15, 0.2) is 0 Å². The molecule has 3 heterocycles. The zero-order chi connectivity index (χ0) is 47.8. The zero-order valence-electron chi connectivity index (χ0n) is 39.0. The summed E-state index contributed by atoms with van der Waals surface area (Å²) in [6.45, 7) is 11.2. The van der Waals surface area contributed by atoms with Gasteiger partial charge in [0.2, 0.25) is 23.6 Å². The summed E-state index contributed by atoms with van der Waals surface area (Å²) >= 11 is 0. The highest BCUT2D eigenvalue weighted by Gasteiger charge is 2.43. The second-order valence-electron chi connectivity index (χ2n) is 18.4. The number of aliphatic hydroxyl groups is 3. The number of nitrogens with one attached hydrogen (secondary N) is 4. The van der Waals surface area contributed by atoms with Gasteiger partial charge < -0.3 is 60.5 Å². The molecule has 0 bridgehead atoms. The van der Waals surface area contributed by atoms with Gasteiger partial charge in [-0.2, -0.15) is 0 Å². The molecule has 6 radical (unpaired) electrons. The molecule has 20 heteroatoms. The minimum atomic E-state index is -0.961. The largest absolute Gasteiger partial charge is 0.391 e. The van der Waals surface area contributed by atoms with Crippen LogP contribution in [0.1, 0.15) is 119 Å². The van der Waals surface area contributed by atoms with E-state index in [1.165, 1.54) is 32.6 Å². The highest BCUT2D eigenvalue weighted by Crippen LogP contribution is 2.33. The van der Waals surface area contributed by atoms with E-state index in [4.69, 9.17) is 37.7 Å². The molecular weight excluding hydrogens is 823 g/mol. The molecule has 3 aliphatic rings. The van der Waals surface area contributed by atoms with E-state index in [1.54, 1.807) is 20.8 Å². The van der Waals surface area contributed by atoms with Crippen molar-refractivity contribution in [1.29, 1.82) is 0 Å². The Balaban J connectivity index is 1.64. The fraction of sp³-hybridized carbons (Fsp3) is 0.864. The molecule has 0 aliphatic carbocycles. The molecule has 3 rings (SSSR count). The molecule has 4 amide bonds. The molecule has 0 saturated carbocycles. The number of rotatable bonds is 25. The van der Waals surface area contributed by atoms with Gasteiger partial charge in [0.15, 0.2) is 5.78 Å². The summed E-state index contributed by atoms with van der Waals surface area (Å²) in [4.78, 5) is 77.5. The lowest BCUT2D eigenvalue weighted by Crippen LogP contribution is -2.57. The number of hydrogen-bond donors (Lipinski definition) is 7. The van der Waals surface area contributed by atoms with Crippen LogP contribution in [0.2, 0.25) is 17.5 Å². The summed E-state index contributed by atoms with van der Waals surface area (Å²) in [6.07, 6.45) is -0.191. The Morgan fingerprint density at radius 1 is 0.594 bits per heavy atom. The Bertz CT molecular complexity index is 1540. The molecule has 0 aromatic rings. The molecule has 16 atom stereocenters. The molecule has 3 saturated heterocycles. The van der Waals surface area contributed by atoms with Crippen molar-refractivity contribution < 1.29 is 58.3 Å².